The second-order valence-electron chi connectivity index (χ2n) is 17.0. The van der Waals surface area contributed by atoms with Crippen LogP contribution in [0.5, 0.6) is 5.75 Å². The highest BCUT2D eigenvalue weighted by atomic mass is 16.6. The molecule has 7 atom stereocenters. The molecule has 2 aromatic carbocycles. The number of aliphatic hydroxyl groups excluding tert-OH is 1. The van der Waals surface area contributed by atoms with Gasteiger partial charge in [-0.2, -0.15) is 0 Å². The number of carboxylic acids is 1. The zero-order valence-corrected chi connectivity index (χ0v) is 36.6. The van der Waals surface area contributed by atoms with Crippen LogP contribution in [0, 0.1) is 17.8 Å². The average Bonchev–Trinajstić information content (AvgIpc) is 3.16. The molecule has 0 fully saturated rings. The largest absolute Gasteiger partial charge is 0.494 e. The third-order valence-corrected chi connectivity index (χ3v) is 10.5. The second kappa shape index (κ2) is 23.6. The molecular weight excluding hydrogens is 757 g/mol. The van der Waals surface area contributed by atoms with Crippen LogP contribution in [-0.2, 0) is 46.3 Å². The number of hydrogen-bond acceptors (Lipinski definition) is 9. The van der Waals surface area contributed by atoms with E-state index in [0.29, 0.717) is 30.6 Å². The van der Waals surface area contributed by atoms with Gasteiger partial charge < -0.3 is 41.0 Å². The molecule has 14 heteroatoms. The van der Waals surface area contributed by atoms with E-state index >= 15 is 0 Å². The number of esters is 1. The number of amides is 4. The van der Waals surface area contributed by atoms with Gasteiger partial charge in [0.05, 0.1) is 31.6 Å². The zero-order valence-electron chi connectivity index (χ0n) is 36.6. The Hall–Kier alpha value is -4.98. The smallest absolute Gasteiger partial charge is 0.326 e. The van der Waals surface area contributed by atoms with Gasteiger partial charge in [0.25, 0.3) is 0 Å². The molecule has 2 aromatic rings. The number of carbonyl (C=O) groups is 6. The van der Waals surface area contributed by atoms with Gasteiger partial charge in [0, 0.05) is 6.42 Å². The van der Waals surface area contributed by atoms with Crippen molar-refractivity contribution in [3.8, 4) is 5.75 Å². The normalized spacial score (nSPS) is 15.6. The number of hydrogen-bond donors (Lipinski definition) is 6. The molecule has 0 saturated heterocycles. The van der Waals surface area contributed by atoms with Crippen LogP contribution in [0.1, 0.15) is 112 Å². The highest BCUT2D eigenvalue weighted by Gasteiger charge is 2.41. The first-order chi connectivity index (χ1) is 27.6. The van der Waals surface area contributed by atoms with Gasteiger partial charge in [-0.05, 0) is 81.5 Å². The first-order valence-corrected chi connectivity index (χ1v) is 20.7. The average molecular weight is 825 g/mol. The maximum absolute atomic E-state index is 14.3. The van der Waals surface area contributed by atoms with Crippen molar-refractivity contribution in [3.05, 3.63) is 65.7 Å². The lowest BCUT2D eigenvalue weighted by molar-refractivity contribution is -0.155. The Balaban J connectivity index is 2.22. The van der Waals surface area contributed by atoms with Crippen molar-refractivity contribution in [1.29, 1.82) is 0 Å². The summed E-state index contributed by atoms with van der Waals surface area (Å²) in [5, 5.41) is 32.3. The standard InChI is InChI=1S/C45H68N4O10/c1-11-29(5)40(41(54)48-39(28(3)4)42(55)56)47-36(51)27-35(50)34(25-31-18-14-13-15-19-31)46-43(57)45(10,30(6)12-2)49-37(52)26-32-20-16-21-33(24-32)58-23-17-22-38(53)59-44(7,8)9/h13-16,18-21,24,28-30,34-35,39-40,50H,11-12,17,22-23,25-27H2,1-10H3,(H,46,57)(H,47,51)(H,48,54)(H,49,52)(H,55,56)/t29-,30-,34-,35-,39-,40-,45-/m0/s1. The number of aliphatic carboxylic acids is 1. The zero-order chi connectivity index (χ0) is 44.5. The maximum atomic E-state index is 14.3. The van der Waals surface area contributed by atoms with E-state index in [1.165, 1.54) is 0 Å². The van der Waals surface area contributed by atoms with Crippen LogP contribution in [0.15, 0.2) is 54.6 Å². The number of carboxylic acid groups (broad SMARTS) is 1. The Labute approximate surface area is 350 Å². The van der Waals surface area contributed by atoms with E-state index in [1.54, 1.807) is 52.0 Å². The van der Waals surface area contributed by atoms with Crippen LogP contribution in [0.2, 0.25) is 0 Å². The quantitative estimate of drug-likeness (QED) is 0.0624. The lowest BCUT2D eigenvalue weighted by Gasteiger charge is -2.37. The number of ether oxygens (including phenoxy) is 2. The molecule has 0 heterocycles. The molecule has 328 valence electrons. The van der Waals surface area contributed by atoms with Crippen LogP contribution < -0.4 is 26.0 Å². The van der Waals surface area contributed by atoms with Gasteiger partial charge in [-0.15, -0.1) is 0 Å². The monoisotopic (exact) mass is 824 g/mol. The van der Waals surface area contributed by atoms with Crippen molar-refractivity contribution in [2.24, 2.45) is 17.8 Å². The number of carbonyl (C=O) groups excluding carboxylic acids is 5. The minimum absolute atomic E-state index is 0.0556. The van der Waals surface area contributed by atoms with Crippen molar-refractivity contribution in [2.75, 3.05) is 6.61 Å². The van der Waals surface area contributed by atoms with E-state index in [4.69, 9.17) is 9.47 Å². The van der Waals surface area contributed by atoms with E-state index < -0.39 is 77.3 Å². The van der Waals surface area contributed by atoms with E-state index in [2.05, 4.69) is 21.3 Å². The predicted octanol–water partition coefficient (Wildman–Crippen LogP) is 4.89. The van der Waals surface area contributed by atoms with Gasteiger partial charge >= 0.3 is 11.9 Å². The van der Waals surface area contributed by atoms with Gasteiger partial charge in [0.15, 0.2) is 0 Å². The molecule has 14 nitrogen and oxygen atoms in total. The first kappa shape index (κ1) is 50.2. The van der Waals surface area contributed by atoms with E-state index in [9.17, 15) is 39.0 Å². The summed E-state index contributed by atoms with van der Waals surface area (Å²) in [5.74, 6) is -4.35. The van der Waals surface area contributed by atoms with Crippen LogP contribution in [-0.4, -0.2) is 87.8 Å². The lowest BCUT2D eigenvalue weighted by atomic mass is 9.83. The fraction of sp³-hybridized carbons (Fsp3) is 0.600. The third-order valence-electron chi connectivity index (χ3n) is 10.5. The molecule has 0 radical (unpaired) electrons. The van der Waals surface area contributed by atoms with Gasteiger partial charge in [-0.1, -0.05) is 96.8 Å². The van der Waals surface area contributed by atoms with Crippen LogP contribution in [0.3, 0.4) is 0 Å². The summed E-state index contributed by atoms with van der Waals surface area (Å²) >= 11 is 0. The molecule has 59 heavy (non-hydrogen) atoms. The lowest BCUT2D eigenvalue weighted by Crippen LogP contribution is -2.63. The van der Waals surface area contributed by atoms with Crippen molar-refractivity contribution in [2.45, 2.75) is 150 Å². The van der Waals surface area contributed by atoms with Crippen molar-refractivity contribution >= 4 is 35.6 Å². The summed E-state index contributed by atoms with van der Waals surface area (Å²) in [6.45, 7) is 18.0. The minimum atomic E-state index is -1.42. The molecule has 0 unspecified atom stereocenters. The molecule has 4 amide bonds. The topological polar surface area (TPSA) is 209 Å². The van der Waals surface area contributed by atoms with Gasteiger partial charge in [-0.3, -0.25) is 24.0 Å². The van der Waals surface area contributed by atoms with E-state index in [-0.39, 0.29) is 43.7 Å². The molecule has 0 aliphatic heterocycles. The fourth-order valence-electron chi connectivity index (χ4n) is 6.37. The van der Waals surface area contributed by atoms with Gasteiger partial charge in [0.1, 0.15) is 29.0 Å². The molecular formula is C45H68N4O10. The highest BCUT2D eigenvalue weighted by Crippen LogP contribution is 2.23. The number of aliphatic hydroxyl groups is 1. The maximum Gasteiger partial charge on any atom is 0.326 e. The summed E-state index contributed by atoms with van der Waals surface area (Å²) in [5.41, 5.74) is -0.556. The molecule has 0 aliphatic carbocycles. The Bertz CT molecular complexity index is 1690. The van der Waals surface area contributed by atoms with E-state index in [1.807, 2.05) is 71.9 Å². The summed E-state index contributed by atoms with van der Waals surface area (Å²) in [6.07, 6.45) is -0.0936. The molecule has 2 rings (SSSR count). The Morgan fingerprint density at radius 2 is 1.42 bits per heavy atom. The molecule has 0 aliphatic rings. The van der Waals surface area contributed by atoms with Crippen molar-refractivity contribution in [1.82, 2.24) is 21.3 Å². The summed E-state index contributed by atoms with van der Waals surface area (Å²) < 4.78 is 11.2. The number of nitrogens with one attached hydrogen (secondary N) is 4. The highest BCUT2D eigenvalue weighted by molar-refractivity contribution is 5.93. The number of benzene rings is 2. The fourth-order valence-corrected chi connectivity index (χ4v) is 6.37. The molecule has 6 N–H and O–H groups in total. The summed E-state index contributed by atoms with van der Waals surface area (Å²) in [4.78, 5) is 78.4. The Morgan fingerprint density at radius 1 is 0.780 bits per heavy atom. The van der Waals surface area contributed by atoms with Crippen molar-refractivity contribution < 1.29 is 48.5 Å². The Kier molecular flexibility index (Phi) is 20.0. The SMILES string of the molecule is CC[C@H](C)[C@H](NC(=O)C[C@H](O)[C@H](Cc1ccccc1)NC(=O)[C@@](C)(NC(=O)Cc1cccc(OCCCC(=O)OC(C)(C)C)c1)[C@@H](C)CC)C(=O)N[C@H](C(=O)O)C(C)C. The summed E-state index contributed by atoms with van der Waals surface area (Å²) in [7, 11) is 0. The van der Waals surface area contributed by atoms with Crippen LogP contribution in [0.4, 0.5) is 0 Å². The molecule has 0 spiro atoms. The third kappa shape index (κ3) is 17.0. The predicted molar refractivity (Wildman–Crippen MR) is 225 cm³/mol. The Morgan fingerprint density at radius 3 is 2.00 bits per heavy atom. The van der Waals surface area contributed by atoms with Gasteiger partial charge in [-0.25, -0.2) is 4.79 Å². The van der Waals surface area contributed by atoms with Gasteiger partial charge in [0.2, 0.25) is 23.6 Å². The molecule has 0 aromatic heterocycles. The molecule has 0 bridgehead atoms. The van der Waals surface area contributed by atoms with Crippen LogP contribution >= 0.6 is 0 Å². The number of rotatable bonds is 24. The van der Waals surface area contributed by atoms with Crippen LogP contribution in [0.25, 0.3) is 0 Å². The van der Waals surface area contributed by atoms with Crippen molar-refractivity contribution in [3.63, 3.8) is 0 Å². The second-order valence-corrected chi connectivity index (χ2v) is 17.0. The van der Waals surface area contributed by atoms with E-state index in [0.717, 1.165) is 5.56 Å². The molecule has 0 saturated carbocycles. The summed E-state index contributed by atoms with van der Waals surface area (Å²) in [6, 6.07) is 12.9. The first-order valence-electron chi connectivity index (χ1n) is 20.7. The minimum Gasteiger partial charge on any atom is -0.494 e.